The van der Waals surface area contributed by atoms with Crippen molar-refractivity contribution in [1.82, 2.24) is 4.57 Å². The lowest BCUT2D eigenvalue weighted by Gasteiger charge is -2.26. The zero-order chi connectivity index (χ0) is 15.6. The zero-order valence-electron chi connectivity index (χ0n) is 11.7. The Balaban J connectivity index is 2.86. The van der Waals surface area contributed by atoms with Gasteiger partial charge in [0.1, 0.15) is 17.2 Å². The highest BCUT2D eigenvalue weighted by Gasteiger charge is 2.33. The van der Waals surface area contributed by atoms with Crippen LogP contribution in [0.4, 0.5) is 0 Å². The second kappa shape index (κ2) is 5.25. The highest BCUT2D eigenvalue weighted by molar-refractivity contribution is 5.77. The molecule has 2 aromatic rings. The largest absolute Gasteiger partial charge is 0.480 e. The molecule has 2 rings (SSSR count). The van der Waals surface area contributed by atoms with Gasteiger partial charge in [-0.1, -0.05) is 30.3 Å². The first-order chi connectivity index (χ1) is 9.89. The van der Waals surface area contributed by atoms with Gasteiger partial charge in [0.05, 0.1) is 5.69 Å². The number of nitriles is 1. The van der Waals surface area contributed by atoms with E-state index in [1.807, 2.05) is 6.07 Å². The number of hydrogen-bond acceptors (Lipinski definition) is 3. The number of rotatable bonds is 3. The van der Waals surface area contributed by atoms with Crippen molar-refractivity contribution >= 4 is 5.97 Å². The van der Waals surface area contributed by atoms with Crippen LogP contribution in [0.15, 0.2) is 47.3 Å². The van der Waals surface area contributed by atoms with Gasteiger partial charge in [-0.25, -0.2) is 4.79 Å². The molecule has 1 N–H and O–H groups in total. The minimum absolute atomic E-state index is 0.0796. The van der Waals surface area contributed by atoms with Crippen LogP contribution in [0.25, 0.3) is 11.3 Å². The lowest BCUT2D eigenvalue weighted by molar-refractivity contribution is -0.145. The number of aliphatic carboxylic acids is 1. The van der Waals surface area contributed by atoms with Crippen LogP contribution in [0.1, 0.15) is 19.4 Å². The molecule has 21 heavy (non-hydrogen) atoms. The predicted molar refractivity (Wildman–Crippen MR) is 77.8 cm³/mol. The number of benzene rings is 1. The maximum atomic E-state index is 12.4. The topological polar surface area (TPSA) is 83.1 Å². The average molecular weight is 282 g/mol. The molecule has 0 radical (unpaired) electrons. The lowest BCUT2D eigenvalue weighted by atomic mass is 10.0. The third-order valence-electron chi connectivity index (χ3n) is 3.35. The molecule has 0 aliphatic rings. The number of pyridine rings is 1. The Morgan fingerprint density at radius 1 is 1.19 bits per heavy atom. The molecule has 0 saturated carbocycles. The van der Waals surface area contributed by atoms with Crippen molar-refractivity contribution in [2.45, 2.75) is 19.4 Å². The molecular formula is C16H14N2O3. The van der Waals surface area contributed by atoms with Crippen LogP contribution in [-0.4, -0.2) is 15.6 Å². The number of aromatic nitrogens is 1. The van der Waals surface area contributed by atoms with E-state index in [2.05, 4.69) is 0 Å². The molecule has 106 valence electrons. The van der Waals surface area contributed by atoms with Gasteiger partial charge in [0.2, 0.25) is 0 Å². The van der Waals surface area contributed by atoms with Crippen molar-refractivity contribution in [3.63, 3.8) is 0 Å². The van der Waals surface area contributed by atoms with Crippen LogP contribution in [0, 0.1) is 11.3 Å². The lowest BCUT2D eigenvalue weighted by Crippen LogP contribution is -2.44. The van der Waals surface area contributed by atoms with Crippen molar-refractivity contribution in [3.05, 3.63) is 58.4 Å². The Hall–Kier alpha value is -2.87. The monoisotopic (exact) mass is 282 g/mol. The number of carboxylic acids is 1. The molecule has 1 aromatic heterocycles. The second-order valence-electron chi connectivity index (χ2n) is 5.11. The van der Waals surface area contributed by atoms with Gasteiger partial charge in [0, 0.05) is 0 Å². The van der Waals surface area contributed by atoms with E-state index in [0.717, 1.165) is 4.57 Å². The number of carbonyl (C=O) groups is 1. The summed E-state index contributed by atoms with van der Waals surface area (Å²) >= 11 is 0. The molecular weight excluding hydrogens is 268 g/mol. The number of carboxylic acid groups (broad SMARTS) is 1. The molecule has 0 atom stereocenters. The molecule has 0 aliphatic carbocycles. The van der Waals surface area contributed by atoms with Gasteiger partial charge in [0.25, 0.3) is 5.56 Å². The van der Waals surface area contributed by atoms with Gasteiger partial charge in [-0.15, -0.1) is 0 Å². The van der Waals surface area contributed by atoms with E-state index >= 15 is 0 Å². The molecule has 0 spiro atoms. The van der Waals surface area contributed by atoms with Gasteiger partial charge in [-0.2, -0.15) is 5.26 Å². The Morgan fingerprint density at radius 2 is 1.81 bits per heavy atom. The smallest absolute Gasteiger partial charge is 0.329 e. The molecule has 5 heteroatoms. The van der Waals surface area contributed by atoms with Crippen LogP contribution in [0.5, 0.6) is 0 Å². The van der Waals surface area contributed by atoms with Crippen LogP contribution >= 0.6 is 0 Å². The first-order valence-electron chi connectivity index (χ1n) is 6.35. The Morgan fingerprint density at radius 3 is 2.33 bits per heavy atom. The minimum Gasteiger partial charge on any atom is -0.480 e. The first kappa shape index (κ1) is 14.5. The molecule has 0 saturated heterocycles. The fourth-order valence-electron chi connectivity index (χ4n) is 2.11. The maximum absolute atomic E-state index is 12.4. The fraction of sp³-hybridized carbons (Fsp3) is 0.188. The van der Waals surface area contributed by atoms with E-state index < -0.39 is 17.1 Å². The maximum Gasteiger partial charge on any atom is 0.329 e. The summed E-state index contributed by atoms with van der Waals surface area (Å²) < 4.78 is 1.16. The minimum atomic E-state index is -1.46. The second-order valence-corrected chi connectivity index (χ2v) is 5.11. The van der Waals surface area contributed by atoms with E-state index in [9.17, 15) is 14.7 Å². The van der Waals surface area contributed by atoms with Crippen LogP contribution in [0.3, 0.4) is 0 Å². The molecule has 0 amide bonds. The average Bonchev–Trinajstić information content (AvgIpc) is 2.47. The van der Waals surface area contributed by atoms with Crippen LogP contribution in [0.2, 0.25) is 0 Å². The van der Waals surface area contributed by atoms with E-state index in [1.165, 1.54) is 19.9 Å². The molecule has 1 heterocycles. The summed E-state index contributed by atoms with van der Waals surface area (Å²) in [6.07, 6.45) is 0. The van der Waals surface area contributed by atoms with Gasteiger partial charge < -0.3 is 5.11 Å². The summed E-state index contributed by atoms with van der Waals surface area (Å²) in [5.41, 5.74) is -0.967. The highest BCUT2D eigenvalue weighted by Crippen LogP contribution is 2.24. The van der Waals surface area contributed by atoms with Crippen molar-refractivity contribution in [3.8, 4) is 17.3 Å². The molecule has 0 fully saturated rings. The Kier molecular flexibility index (Phi) is 3.64. The summed E-state index contributed by atoms with van der Waals surface area (Å²) in [5.74, 6) is -1.14. The van der Waals surface area contributed by atoms with Crippen molar-refractivity contribution in [2.75, 3.05) is 0 Å². The summed E-state index contributed by atoms with van der Waals surface area (Å²) in [5, 5.41) is 18.4. The van der Waals surface area contributed by atoms with Crippen molar-refractivity contribution in [2.24, 2.45) is 0 Å². The summed E-state index contributed by atoms with van der Waals surface area (Å²) in [6, 6.07) is 13.8. The predicted octanol–water partition coefficient (Wildman–Crippen LogP) is 2.21. The standard InChI is InChI=1S/C16H14N2O3/c1-16(2,15(20)21)18-13(11-6-4-3-5-7-11)9-8-12(10-17)14(18)19/h3-9H,1-2H3,(H,20,21). The zero-order valence-corrected chi connectivity index (χ0v) is 11.7. The van der Waals surface area contributed by atoms with E-state index in [-0.39, 0.29) is 5.56 Å². The van der Waals surface area contributed by atoms with Crippen LogP contribution < -0.4 is 5.56 Å². The molecule has 0 unspecified atom stereocenters. The van der Waals surface area contributed by atoms with Gasteiger partial charge in [-0.05, 0) is 31.5 Å². The summed E-state index contributed by atoms with van der Waals surface area (Å²) in [6.45, 7) is 2.87. The Bertz CT molecular complexity index is 783. The fourth-order valence-corrected chi connectivity index (χ4v) is 2.11. The molecule has 0 aliphatic heterocycles. The van der Waals surface area contributed by atoms with Gasteiger partial charge in [-0.3, -0.25) is 9.36 Å². The number of hydrogen-bond donors (Lipinski definition) is 1. The highest BCUT2D eigenvalue weighted by atomic mass is 16.4. The normalized spacial score (nSPS) is 10.9. The van der Waals surface area contributed by atoms with E-state index in [1.54, 1.807) is 36.4 Å². The van der Waals surface area contributed by atoms with E-state index in [0.29, 0.717) is 11.3 Å². The third kappa shape index (κ3) is 2.43. The molecule has 1 aromatic carbocycles. The van der Waals surface area contributed by atoms with E-state index in [4.69, 9.17) is 5.26 Å². The molecule has 5 nitrogen and oxygen atoms in total. The first-order valence-corrected chi connectivity index (χ1v) is 6.35. The SMILES string of the molecule is CC(C)(C(=O)O)n1c(-c2ccccc2)ccc(C#N)c1=O. The summed E-state index contributed by atoms with van der Waals surface area (Å²) in [4.78, 5) is 23.9. The van der Waals surface area contributed by atoms with Crippen molar-refractivity contribution < 1.29 is 9.90 Å². The third-order valence-corrected chi connectivity index (χ3v) is 3.35. The summed E-state index contributed by atoms with van der Waals surface area (Å²) in [7, 11) is 0. The molecule has 0 bridgehead atoms. The van der Waals surface area contributed by atoms with Crippen molar-refractivity contribution in [1.29, 1.82) is 5.26 Å². The van der Waals surface area contributed by atoms with Gasteiger partial charge in [0.15, 0.2) is 0 Å². The number of nitrogens with zero attached hydrogens (tertiary/aromatic N) is 2. The quantitative estimate of drug-likeness (QED) is 0.935. The Labute approximate surface area is 121 Å². The van der Waals surface area contributed by atoms with Gasteiger partial charge >= 0.3 is 5.97 Å². The van der Waals surface area contributed by atoms with Crippen LogP contribution in [-0.2, 0) is 10.3 Å².